The van der Waals surface area contributed by atoms with Crippen LogP contribution < -0.4 is 15.4 Å². The van der Waals surface area contributed by atoms with Crippen molar-refractivity contribution in [1.29, 1.82) is 0 Å². The molecule has 0 saturated carbocycles. The molecule has 6 heteroatoms. The summed E-state index contributed by atoms with van der Waals surface area (Å²) in [6.45, 7) is 1.75. The highest BCUT2D eigenvalue weighted by Crippen LogP contribution is 2.31. The van der Waals surface area contributed by atoms with Gasteiger partial charge < -0.3 is 25.2 Å². The van der Waals surface area contributed by atoms with E-state index in [1.807, 2.05) is 54.6 Å². The third kappa shape index (κ3) is 3.36. The highest BCUT2D eigenvalue weighted by molar-refractivity contribution is 5.94. The van der Waals surface area contributed by atoms with Gasteiger partial charge in [-0.05, 0) is 49.4 Å². The van der Waals surface area contributed by atoms with Gasteiger partial charge in [0.15, 0.2) is 6.23 Å². The van der Waals surface area contributed by atoms with E-state index < -0.39 is 5.97 Å². The number of carboxylic acid groups (broad SMARTS) is 1. The number of carbonyl (C=O) groups is 1. The van der Waals surface area contributed by atoms with Crippen LogP contribution in [0.1, 0.15) is 12.0 Å². The van der Waals surface area contributed by atoms with Gasteiger partial charge in [-0.2, -0.15) is 0 Å². The second-order valence-corrected chi connectivity index (χ2v) is 6.38. The number of rotatable bonds is 5. The molecule has 2 atom stereocenters. The fourth-order valence-corrected chi connectivity index (χ4v) is 3.26. The number of benzene rings is 2. The minimum atomic E-state index is -1.06. The van der Waals surface area contributed by atoms with E-state index in [1.165, 1.54) is 0 Å². The molecule has 134 valence electrons. The van der Waals surface area contributed by atoms with E-state index in [2.05, 4.69) is 10.6 Å². The highest BCUT2D eigenvalue weighted by Gasteiger charge is 2.36. The third-order valence-electron chi connectivity index (χ3n) is 4.60. The summed E-state index contributed by atoms with van der Waals surface area (Å²) in [5.74, 6) is 0.599. The van der Waals surface area contributed by atoms with Crippen molar-refractivity contribution in [1.82, 2.24) is 10.6 Å². The van der Waals surface area contributed by atoms with Crippen molar-refractivity contribution < 1.29 is 19.4 Å². The summed E-state index contributed by atoms with van der Waals surface area (Å²) in [6.07, 6.45) is 0.646. The molecule has 4 rings (SSSR count). The zero-order valence-electron chi connectivity index (χ0n) is 14.1. The van der Waals surface area contributed by atoms with E-state index in [-0.39, 0.29) is 17.9 Å². The van der Waals surface area contributed by atoms with Crippen LogP contribution in [0, 0.1) is 5.92 Å². The van der Waals surface area contributed by atoms with Gasteiger partial charge in [-0.1, -0.05) is 18.2 Å². The Labute approximate surface area is 151 Å². The summed E-state index contributed by atoms with van der Waals surface area (Å²) in [5.41, 5.74) is 1.27. The van der Waals surface area contributed by atoms with Crippen molar-refractivity contribution in [2.75, 3.05) is 13.1 Å². The highest BCUT2D eigenvalue weighted by atomic mass is 16.5. The van der Waals surface area contributed by atoms with E-state index in [0.717, 1.165) is 30.8 Å². The molecule has 0 amide bonds. The van der Waals surface area contributed by atoms with Gasteiger partial charge in [0.25, 0.3) is 0 Å². The average molecular weight is 352 g/mol. The van der Waals surface area contributed by atoms with Gasteiger partial charge in [0.05, 0.1) is 5.70 Å². The van der Waals surface area contributed by atoms with Crippen molar-refractivity contribution >= 4 is 11.7 Å². The zero-order chi connectivity index (χ0) is 17.9. The SMILES string of the molecule is O=C(O)C1=C(c2ccc(Oc3ccccc3)cc2)NC(C2CCNC2)O1. The minimum Gasteiger partial charge on any atom is -0.475 e. The van der Waals surface area contributed by atoms with Crippen LogP contribution in [0.15, 0.2) is 60.4 Å². The zero-order valence-corrected chi connectivity index (χ0v) is 14.1. The molecule has 0 spiro atoms. The van der Waals surface area contributed by atoms with Gasteiger partial charge in [0.1, 0.15) is 11.5 Å². The van der Waals surface area contributed by atoms with Crippen molar-refractivity contribution in [2.24, 2.45) is 5.92 Å². The van der Waals surface area contributed by atoms with E-state index in [9.17, 15) is 9.90 Å². The molecule has 2 aliphatic heterocycles. The van der Waals surface area contributed by atoms with Gasteiger partial charge in [-0.15, -0.1) is 0 Å². The Bertz CT molecular complexity index is 811. The molecule has 1 saturated heterocycles. The summed E-state index contributed by atoms with van der Waals surface area (Å²) < 4.78 is 11.5. The lowest BCUT2D eigenvalue weighted by molar-refractivity contribution is -0.137. The second-order valence-electron chi connectivity index (χ2n) is 6.38. The van der Waals surface area contributed by atoms with Crippen molar-refractivity contribution in [3.05, 3.63) is 65.9 Å². The van der Waals surface area contributed by atoms with E-state index in [1.54, 1.807) is 0 Å². The molecule has 26 heavy (non-hydrogen) atoms. The largest absolute Gasteiger partial charge is 0.475 e. The number of hydrogen-bond acceptors (Lipinski definition) is 5. The molecule has 3 N–H and O–H groups in total. The standard InChI is InChI=1S/C20H20N2O4/c23-20(24)18-17(22-19(26-18)14-10-11-21-12-14)13-6-8-16(9-7-13)25-15-4-2-1-3-5-15/h1-9,14,19,21-22H,10-12H2,(H,23,24). The maximum absolute atomic E-state index is 11.6. The Morgan fingerprint density at radius 2 is 1.81 bits per heavy atom. The summed E-state index contributed by atoms with van der Waals surface area (Å²) in [5, 5.41) is 16.0. The van der Waals surface area contributed by atoms with E-state index >= 15 is 0 Å². The van der Waals surface area contributed by atoms with Crippen molar-refractivity contribution in [2.45, 2.75) is 12.6 Å². The summed E-state index contributed by atoms with van der Waals surface area (Å²) in [7, 11) is 0. The first-order valence-corrected chi connectivity index (χ1v) is 8.65. The van der Waals surface area contributed by atoms with E-state index in [0.29, 0.717) is 11.4 Å². The van der Waals surface area contributed by atoms with Crippen LogP contribution in [-0.2, 0) is 9.53 Å². The minimum absolute atomic E-state index is 0.0290. The Morgan fingerprint density at radius 1 is 1.08 bits per heavy atom. The fourth-order valence-electron chi connectivity index (χ4n) is 3.26. The topological polar surface area (TPSA) is 79.8 Å². The molecule has 0 aromatic heterocycles. The van der Waals surface area contributed by atoms with Crippen LogP contribution in [0.2, 0.25) is 0 Å². The first-order chi connectivity index (χ1) is 12.7. The molecule has 2 unspecified atom stereocenters. The first kappa shape index (κ1) is 16.5. The molecule has 6 nitrogen and oxygen atoms in total. The summed E-state index contributed by atoms with van der Waals surface area (Å²) in [4.78, 5) is 11.6. The van der Waals surface area contributed by atoms with Gasteiger partial charge in [-0.25, -0.2) is 4.79 Å². The quantitative estimate of drug-likeness (QED) is 0.768. The smallest absolute Gasteiger partial charge is 0.373 e. The molecule has 1 fully saturated rings. The Balaban J connectivity index is 1.53. The second kappa shape index (κ2) is 7.09. The predicted molar refractivity (Wildman–Crippen MR) is 96.5 cm³/mol. The number of nitrogens with one attached hydrogen (secondary N) is 2. The van der Waals surface area contributed by atoms with Gasteiger partial charge >= 0.3 is 5.97 Å². The Hall–Kier alpha value is -2.99. The Morgan fingerprint density at radius 3 is 2.46 bits per heavy atom. The summed E-state index contributed by atoms with van der Waals surface area (Å²) in [6, 6.07) is 16.8. The monoisotopic (exact) mass is 352 g/mol. The summed E-state index contributed by atoms with van der Waals surface area (Å²) >= 11 is 0. The molecule has 0 aliphatic carbocycles. The van der Waals surface area contributed by atoms with Gasteiger partial charge in [0, 0.05) is 18.0 Å². The van der Waals surface area contributed by atoms with E-state index in [4.69, 9.17) is 9.47 Å². The fraction of sp³-hybridized carbons (Fsp3) is 0.250. The van der Waals surface area contributed by atoms with Crippen LogP contribution in [0.3, 0.4) is 0 Å². The number of ether oxygens (including phenoxy) is 2. The molecule has 0 bridgehead atoms. The Kier molecular flexibility index (Phi) is 4.50. The molecule has 0 radical (unpaired) electrons. The number of aliphatic carboxylic acids is 1. The maximum atomic E-state index is 11.6. The van der Waals surface area contributed by atoms with Crippen LogP contribution in [0.4, 0.5) is 0 Å². The molecule has 2 aromatic carbocycles. The maximum Gasteiger partial charge on any atom is 0.373 e. The van der Waals surface area contributed by atoms with Crippen LogP contribution in [-0.4, -0.2) is 30.4 Å². The lowest BCUT2D eigenvalue weighted by atomic mass is 10.1. The lowest BCUT2D eigenvalue weighted by Gasteiger charge is -2.18. The lowest BCUT2D eigenvalue weighted by Crippen LogP contribution is -2.33. The van der Waals surface area contributed by atoms with Crippen LogP contribution in [0.5, 0.6) is 11.5 Å². The van der Waals surface area contributed by atoms with Gasteiger partial charge in [0.2, 0.25) is 5.76 Å². The molecule has 2 heterocycles. The van der Waals surface area contributed by atoms with Gasteiger partial charge in [-0.3, -0.25) is 0 Å². The molecular weight excluding hydrogens is 332 g/mol. The predicted octanol–water partition coefficient (Wildman–Crippen LogP) is 2.79. The number of carboxylic acids is 1. The third-order valence-corrected chi connectivity index (χ3v) is 4.60. The van der Waals surface area contributed by atoms with Crippen LogP contribution >= 0.6 is 0 Å². The molecule has 2 aliphatic rings. The molecular formula is C20H20N2O4. The number of hydrogen-bond donors (Lipinski definition) is 3. The molecule has 2 aromatic rings. The van der Waals surface area contributed by atoms with Crippen LogP contribution in [0.25, 0.3) is 5.70 Å². The van der Waals surface area contributed by atoms with Crippen molar-refractivity contribution in [3.63, 3.8) is 0 Å². The van der Waals surface area contributed by atoms with Crippen molar-refractivity contribution in [3.8, 4) is 11.5 Å². The average Bonchev–Trinajstić information content (AvgIpc) is 3.33. The normalized spacial score (nSPS) is 22.0. The first-order valence-electron chi connectivity index (χ1n) is 8.65. The number of para-hydroxylation sites is 1.